The minimum absolute atomic E-state index is 0.718. The summed E-state index contributed by atoms with van der Waals surface area (Å²) < 4.78 is 0. The van der Waals surface area contributed by atoms with Crippen molar-refractivity contribution >= 4 is 0 Å². The maximum absolute atomic E-state index is 2.62. The van der Waals surface area contributed by atoms with Gasteiger partial charge in [0.25, 0.3) is 0 Å². The molecule has 0 aromatic heterocycles. The van der Waals surface area contributed by atoms with Crippen molar-refractivity contribution in [2.45, 2.75) is 33.6 Å². The van der Waals surface area contributed by atoms with E-state index in [4.69, 9.17) is 0 Å². The van der Waals surface area contributed by atoms with E-state index in [2.05, 4.69) is 42.7 Å². The Kier molecular flexibility index (Phi) is 5.02. The lowest BCUT2D eigenvalue weighted by Gasteiger charge is -2.34. The van der Waals surface area contributed by atoms with Crippen LogP contribution in [0, 0.1) is 5.92 Å². The van der Waals surface area contributed by atoms with Crippen molar-refractivity contribution < 1.29 is 0 Å². The molecule has 102 valence electrons. The Labute approximate surface area is 112 Å². The van der Waals surface area contributed by atoms with Gasteiger partial charge in [0.05, 0.1) is 0 Å². The Hall–Kier alpha value is -0.600. The molecule has 0 spiro atoms. The van der Waals surface area contributed by atoms with Crippen LogP contribution < -0.4 is 0 Å². The normalized spacial score (nSPS) is 23.1. The number of nitrogens with zero attached hydrogens (tertiary/aromatic N) is 2. The van der Waals surface area contributed by atoms with E-state index in [1.807, 2.05) is 0 Å². The summed E-state index contributed by atoms with van der Waals surface area (Å²) in [6.45, 7) is 14.2. The van der Waals surface area contributed by atoms with Gasteiger partial charge in [-0.15, -0.1) is 0 Å². The molecule has 0 atom stereocenters. The van der Waals surface area contributed by atoms with E-state index in [0.29, 0.717) is 0 Å². The molecule has 1 saturated heterocycles. The fourth-order valence-corrected chi connectivity index (χ4v) is 2.86. The zero-order valence-corrected chi connectivity index (χ0v) is 12.3. The fraction of sp³-hybridized carbons (Fsp3) is 0.750. The van der Waals surface area contributed by atoms with Gasteiger partial charge in [0.2, 0.25) is 0 Å². The molecule has 0 bridgehead atoms. The SMILES string of the molecule is CCN1CCN(CC2=CC=C(C(C)C)CC2)CC1. The molecule has 0 N–H and O–H groups in total. The minimum atomic E-state index is 0.718. The zero-order valence-electron chi connectivity index (χ0n) is 12.3. The first-order valence-corrected chi connectivity index (χ1v) is 7.52. The predicted octanol–water partition coefficient (Wildman–Crippen LogP) is 2.93. The first-order valence-electron chi connectivity index (χ1n) is 7.52. The van der Waals surface area contributed by atoms with E-state index >= 15 is 0 Å². The lowest BCUT2D eigenvalue weighted by molar-refractivity contribution is 0.145. The van der Waals surface area contributed by atoms with Crippen molar-refractivity contribution in [1.82, 2.24) is 9.80 Å². The van der Waals surface area contributed by atoms with E-state index in [0.717, 1.165) is 5.92 Å². The third kappa shape index (κ3) is 3.69. The molecule has 0 unspecified atom stereocenters. The highest BCUT2D eigenvalue weighted by Crippen LogP contribution is 2.24. The second kappa shape index (κ2) is 6.53. The van der Waals surface area contributed by atoms with Crippen molar-refractivity contribution in [3.05, 3.63) is 23.3 Å². The Morgan fingerprint density at radius 2 is 1.67 bits per heavy atom. The van der Waals surface area contributed by atoms with Crippen LogP contribution in [0.2, 0.25) is 0 Å². The minimum Gasteiger partial charge on any atom is -0.301 e. The van der Waals surface area contributed by atoms with Gasteiger partial charge in [-0.2, -0.15) is 0 Å². The summed E-state index contributed by atoms with van der Waals surface area (Å²) in [6.07, 6.45) is 7.30. The summed E-state index contributed by atoms with van der Waals surface area (Å²) in [7, 11) is 0. The van der Waals surface area contributed by atoms with E-state index in [1.54, 1.807) is 11.1 Å². The van der Waals surface area contributed by atoms with E-state index < -0.39 is 0 Å². The largest absolute Gasteiger partial charge is 0.301 e. The topological polar surface area (TPSA) is 6.48 Å². The molecule has 0 radical (unpaired) electrons. The van der Waals surface area contributed by atoms with Crippen LogP contribution in [0.15, 0.2) is 23.3 Å². The second-order valence-electron chi connectivity index (χ2n) is 5.93. The predicted molar refractivity (Wildman–Crippen MR) is 78.8 cm³/mol. The average molecular weight is 248 g/mol. The average Bonchev–Trinajstić information content (AvgIpc) is 2.40. The van der Waals surface area contributed by atoms with E-state index in [9.17, 15) is 0 Å². The van der Waals surface area contributed by atoms with Crippen LogP contribution in [0.1, 0.15) is 33.6 Å². The van der Waals surface area contributed by atoms with Crippen LogP contribution >= 0.6 is 0 Å². The van der Waals surface area contributed by atoms with Gasteiger partial charge in [-0.05, 0) is 25.3 Å². The molecule has 0 aromatic carbocycles. The number of allylic oxidation sites excluding steroid dienone is 3. The highest BCUT2D eigenvalue weighted by atomic mass is 15.3. The maximum atomic E-state index is 2.62. The van der Waals surface area contributed by atoms with Gasteiger partial charge in [0.15, 0.2) is 0 Å². The lowest BCUT2D eigenvalue weighted by atomic mass is 9.91. The van der Waals surface area contributed by atoms with Crippen LogP contribution in [-0.4, -0.2) is 49.1 Å². The molecule has 1 heterocycles. The molecular formula is C16H28N2. The van der Waals surface area contributed by atoms with Crippen LogP contribution in [0.3, 0.4) is 0 Å². The van der Waals surface area contributed by atoms with Crippen molar-refractivity contribution in [3.63, 3.8) is 0 Å². The van der Waals surface area contributed by atoms with Crippen molar-refractivity contribution in [2.24, 2.45) is 5.92 Å². The summed E-state index contributed by atoms with van der Waals surface area (Å²) in [5.41, 5.74) is 3.25. The Morgan fingerprint density at radius 3 is 2.17 bits per heavy atom. The van der Waals surface area contributed by atoms with Crippen LogP contribution in [0.5, 0.6) is 0 Å². The highest BCUT2D eigenvalue weighted by Gasteiger charge is 2.17. The van der Waals surface area contributed by atoms with Crippen molar-refractivity contribution in [2.75, 3.05) is 39.3 Å². The number of rotatable bonds is 4. The van der Waals surface area contributed by atoms with Crippen molar-refractivity contribution in [3.8, 4) is 0 Å². The van der Waals surface area contributed by atoms with Gasteiger partial charge < -0.3 is 4.90 Å². The number of likely N-dealkylation sites (N-methyl/N-ethyl adjacent to an activating group) is 1. The highest BCUT2D eigenvalue weighted by molar-refractivity contribution is 5.25. The molecule has 2 rings (SSSR count). The first kappa shape index (κ1) is 13.8. The molecular weight excluding hydrogens is 220 g/mol. The van der Waals surface area contributed by atoms with Crippen molar-refractivity contribution in [1.29, 1.82) is 0 Å². The van der Waals surface area contributed by atoms with Gasteiger partial charge in [-0.3, -0.25) is 4.90 Å². The summed E-state index contributed by atoms with van der Waals surface area (Å²) >= 11 is 0. The van der Waals surface area contributed by atoms with Crippen LogP contribution in [-0.2, 0) is 0 Å². The standard InChI is InChI=1S/C16H28N2/c1-4-17-9-11-18(12-10-17)13-15-5-7-16(8-6-15)14(2)3/h5,7,14H,4,6,8-13H2,1-3H3. The number of piperazine rings is 1. The Bertz CT molecular complexity index is 320. The van der Waals surface area contributed by atoms with Crippen LogP contribution in [0.4, 0.5) is 0 Å². The van der Waals surface area contributed by atoms with Gasteiger partial charge in [-0.25, -0.2) is 0 Å². The third-order valence-electron chi connectivity index (χ3n) is 4.35. The molecule has 2 aliphatic rings. The first-order chi connectivity index (χ1) is 8.69. The molecule has 1 aliphatic heterocycles. The summed E-state index contributed by atoms with van der Waals surface area (Å²) in [5.74, 6) is 0.718. The second-order valence-corrected chi connectivity index (χ2v) is 5.93. The fourth-order valence-electron chi connectivity index (χ4n) is 2.86. The molecule has 0 amide bonds. The van der Waals surface area contributed by atoms with Gasteiger partial charge >= 0.3 is 0 Å². The van der Waals surface area contributed by atoms with Gasteiger partial charge in [-0.1, -0.05) is 44.1 Å². The number of hydrogen-bond donors (Lipinski definition) is 0. The summed E-state index contributed by atoms with van der Waals surface area (Å²) in [6, 6.07) is 0. The Morgan fingerprint density at radius 1 is 1.00 bits per heavy atom. The smallest absolute Gasteiger partial charge is 0.0197 e. The van der Waals surface area contributed by atoms with Crippen LogP contribution in [0.25, 0.3) is 0 Å². The van der Waals surface area contributed by atoms with Gasteiger partial charge in [0.1, 0.15) is 0 Å². The summed E-state index contributed by atoms with van der Waals surface area (Å²) in [5, 5.41) is 0. The Balaban J connectivity index is 1.81. The maximum Gasteiger partial charge on any atom is 0.0197 e. The summed E-state index contributed by atoms with van der Waals surface area (Å²) in [4.78, 5) is 5.16. The molecule has 0 saturated carbocycles. The molecule has 1 aliphatic carbocycles. The zero-order chi connectivity index (χ0) is 13.0. The third-order valence-corrected chi connectivity index (χ3v) is 4.35. The van der Waals surface area contributed by atoms with E-state index in [-0.39, 0.29) is 0 Å². The molecule has 1 fully saturated rings. The molecule has 2 heteroatoms. The van der Waals surface area contributed by atoms with Gasteiger partial charge in [0, 0.05) is 32.7 Å². The lowest BCUT2D eigenvalue weighted by Crippen LogP contribution is -2.46. The quantitative estimate of drug-likeness (QED) is 0.755. The molecule has 2 nitrogen and oxygen atoms in total. The molecule has 0 aromatic rings. The monoisotopic (exact) mass is 248 g/mol. The van der Waals surface area contributed by atoms with E-state index in [1.165, 1.54) is 52.1 Å². The molecule has 18 heavy (non-hydrogen) atoms. The number of hydrogen-bond acceptors (Lipinski definition) is 2.